The normalized spacial score (nSPS) is 15.4. The summed E-state index contributed by atoms with van der Waals surface area (Å²) in [6, 6.07) is 14.7. The fraction of sp³-hybridized carbons (Fsp3) is 0.536. The predicted octanol–water partition coefficient (Wildman–Crippen LogP) is 4.17. The van der Waals surface area contributed by atoms with Crippen molar-refractivity contribution < 1.29 is 23.7 Å². The monoisotopic (exact) mass is 563 g/mol. The van der Waals surface area contributed by atoms with Gasteiger partial charge in [0.05, 0.1) is 51.0 Å². The quantitative estimate of drug-likeness (QED) is 0.299. The Morgan fingerprint density at radius 2 is 1.53 bits per heavy atom. The molecule has 2 aromatic carbocycles. The maximum atomic E-state index is 12.5. The first-order valence-electron chi connectivity index (χ1n) is 13.2. The van der Waals surface area contributed by atoms with Gasteiger partial charge in [-0.1, -0.05) is 35.5 Å². The smallest absolute Gasteiger partial charge is 0.248 e. The highest BCUT2D eigenvalue weighted by Gasteiger charge is 2.24. The number of halogens is 1. The lowest BCUT2D eigenvalue weighted by Gasteiger charge is -2.36. The molecule has 2 aromatic rings. The Morgan fingerprint density at radius 1 is 0.842 bits per heavy atom. The Kier molecular flexibility index (Phi) is 12.0. The molecule has 0 unspecified atom stereocenters. The highest BCUT2D eigenvalue weighted by Crippen LogP contribution is 2.48. The Balaban J connectivity index is 1.12. The maximum Gasteiger partial charge on any atom is 0.248 e. The summed E-state index contributed by atoms with van der Waals surface area (Å²) in [6.45, 7) is 8.27. The van der Waals surface area contributed by atoms with Gasteiger partial charge in [0.15, 0.2) is 0 Å². The summed E-state index contributed by atoms with van der Waals surface area (Å²) in [5.41, 5.74) is 2.42. The molecule has 0 bridgehead atoms. The molecular weight excluding hydrogens is 526 g/mol. The van der Waals surface area contributed by atoms with E-state index in [1.54, 1.807) is 18.9 Å². The third-order valence-electron chi connectivity index (χ3n) is 6.57. The molecule has 4 rings (SSSR count). The number of ether oxygens (including phenoxy) is 4. The van der Waals surface area contributed by atoms with Crippen LogP contribution in [0.1, 0.15) is 6.42 Å². The zero-order chi connectivity index (χ0) is 26.6. The lowest BCUT2D eigenvalue weighted by Crippen LogP contribution is -2.50. The molecule has 0 spiro atoms. The summed E-state index contributed by atoms with van der Waals surface area (Å²) in [4.78, 5) is 21.8. The van der Waals surface area contributed by atoms with Gasteiger partial charge in [-0.2, -0.15) is 0 Å². The molecule has 1 amide bonds. The minimum atomic E-state index is 0.0449. The molecule has 10 heteroatoms. The SMILES string of the molecule is COCCOCCOCCOCC(=O)N1CCN(CCCN2c3ccccc3Sc3ccc(Cl)cc32)CC1. The first kappa shape index (κ1) is 29.1. The predicted molar refractivity (Wildman–Crippen MR) is 151 cm³/mol. The number of hydrogen-bond acceptors (Lipinski definition) is 8. The molecule has 0 aromatic heterocycles. The molecule has 208 valence electrons. The van der Waals surface area contributed by atoms with Crippen LogP contribution in [0.2, 0.25) is 5.02 Å². The van der Waals surface area contributed by atoms with E-state index in [0.29, 0.717) is 39.6 Å². The van der Waals surface area contributed by atoms with Crippen molar-refractivity contribution >= 4 is 40.6 Å². The molecular formula is C28H38ClN3O5S. The molecule has 1 fully saturated rings. The van der Waals surface area contributed by atoms with Crippen molar-refractivity contribution in [3.8, 4) is 0 Å². The lowest BCUT2D eigenvalue weighted by atomic mass is 10.2. The van der Waals surface area contributed by atoms with Crippen LogP contribution >= 0.6 is 23.4 Å². The largest absolute Gasteiger partial charge is 0.382 e. The number of fused-ring (bicyclic) bond motifs is 2. The standard InChI is InChI=1S/C28H38ClN3O5S/c1-34-15-16-35-17-18-36-19-20-37-22-28(33)31-13-11-30(12-14-31)9-4-10-32-24-5-2-3-6-26(24)38-27-8-7-23(29)21-25(27)32/h2-3,5-8,21H,4,9-20,22H2,1H3. The second-order valence-corrected chi connectivity index (χ2v) is 10.7. The van der Waals surface area contributed by atoms with Crippen LogP contribution in [0.3, 0.4) is 0 Å². The Morgan fingerprint density at radius 3 is 2.29 bits per heavy atom. The van der Waals surface area contributed by atoms with Gasteiger partial charge < -0.3 is 28.7 Å². The number of rotatable bonds is 15. The average Bonchev–Trinajstić information content (AvgIpc) is 2.94. The number of carbonyl (C=O) groups excluding carboxylic acids is 1. The molecule has 8 nitrogen and oxygen atoms in total. The first-order valence-corrected chi connectivity index (χ1v) is 14.4. The first-order chi connectivity index (χ1) is 18.7. The van der Waals surface area contributed by atoms with Crippen LogP contribution in [-0.2, 0) is 23.7 Å². The maximum absolute atomic E-state index is 12.5. The van der Waals surface area contributed by atoms with Crippen molar-refractivity contribution in [2.45, 2.75) is 16.2 Å². The molecule has 0 N–H and O–H groups in total. The Hall–Kier alpha value is -1.85. The van der Waals surface area contributed by atoms with Crippen LogP contribution < -0.4 is 4.90 Å². The Bertz CT molecular complexity index is 1020. The second kappa shape index (κ2) is 15.7. The van der Waals surface area contributed by atoms with E-state index in [0.717, 1.165) is 50.7 Å². The van der Waals surface area contributed by atoms with Gasteiger partial charge in [-0.25, -0.2) is 0 Å². The molecule has 2 aliphatic heterocycles. The molecule has 0 aliphatic carbocycles. The number of piperazine rings is 1. The number of hydrogen-bond donors (Lipinski definition) is 0. The third-order valence-corrected chi connectivity index (χ3v) is 7.94. The van der Waals surface area contributed by atoms with Crippen molar-refractivity contribution in [3.63, 3.8) is 0 Å². The Labute approximate surface area is 235 Å². The van der Waals surface area contributed by atoms with E-state index in [9.17, 15) is 4.79 Å². The van der Waals surface area contributed by atoms with E-state index in [-0.39, 0.29) is 12.5 Å². The zero-order valence-electron chi connectivity index (χ0n) is 22.1. The van der Waals surface area contributed by atoms with Gasteiger partial charge in [0.1, 0.15) is 6.61 Å². The van der Waals surface area contributed by atoms with Crippen LogP contribution in [0.4, 0.5) is 11.4 Å². The fourth-order valence-electron chi connectivity index (χ4n) is 4.55. The van der Waals surface area contributed by atoms with Gasteiger partial charge in [0.25, 0.3) is 0 Å². The average molecular weight is 564 g/mol. The fourth-order valence-corrected chi connectivity index (χ4v) is 5.79. The van der Waals surface area contributed by atoms with Crippen LogP contribution in [0, 0.1) is 0 Å². The summed E-state index contributed by atoms with van der Waals surface area (Å²) in [5.74, 6) is 0.0449. The zero-order valence-corrected chi connectivity index (χ0v) is 23.7. The second-order valence-electron chi connectivity index (χ2n) is 9.18. The van der Waals surface area contributed by atoms with Crippen molar-refractivity contribution in [2.75, 3.05) is 97.5 Å². The third kappa shape index (κ3) is 8.58. The summed E-state index contributed by atoms with van der Waals surface area (Å²) < 4.78 is 21.2. The lowest BCUT2D eigenvalue weighted by molar-refractivity contribution is -0.138. The number of carbonyl (C=O) groups is 1. The van der Waals surface area contributed by atoms with Gasteiger partial charge >= 0.3 is 0 Å². The molecule has 2 heterocycles. The highest BCUT2D eigenvalue weighted by molar-refractivity contribution is 7.99. The van der Waals surface area contributed by atoms with Crippen LogP contribution in [0.25, 0.3) is 0 Å². The number of methoxy groups -OCH3 is 1. The number of para-hydroxylation sites is 1. The molecule has 0 saturated carbocycles. The van der Waals surface area contributed by atoms with E-state index >= 15 is 0 Å². The molecule has 38 heavy (non-hydrogen) atoms. The van der Waals surface area contributed by atoms with Gasteiger partial charge in [0.2, 0.25) is 5.91 Å². The van der Waals surface area contributed by atoms with Gasteiger partial charge in [-0.05, 0) is 43.3 Å². The van der Waals surface area contributed by atoms with E-state index in [1.807, 2.05) is 11.0 Å². The van der Waals surface area contributed by atoms with E-state index < -0.39 is 0 Å². The molecule has 0 atom stereocenters. The van der Waals surface area contributed by atoms with Crippen LogP contribution in [-0.4, -0.2) is 108 Å². The number of nitrogens with zero attached hydrogens (tertiary/aromatic N) is 3. The summed E-state index contributed by atoms with van der Waals surface area (Å²) >= 11 is 8.14. The van der Waals surface area contributed by atoms with Gasteiger partial charge in [0, 0.05) is 54.6 Å². The summed E-state index contributed by atoms with van der Waals surface area (Å²) in [5, 5.41) is 0.759. The number of anilines is 2. The minimum absolute atomic E-state index is 0.0449. The van der Waals surface area contributed by atoms with E-state index in [4.69, 9.17) is 30.5 Å². The minimum Gasteiger partial charge on any atom is -0.382 e. The van der Waals surface area contributed by atoms with Gasteiger partial charge in [-0.15, -0.1) is 0 Å². The summed E-state index contributed by atoms with van der Waals surface area (Å²) in [7, 11) is 1.64. The van der Waals surface area contributed by atoms with Crippen molar-refractivity contribution in [1.82, 2.24) is 9.80 Å². The van der Waals surface area contributed by atoms with Gasteiger partial charge in [-0.3, -0.25) is 9.69 Å². The topological polar surface area (TPSA) is 63.7 Å². The highest BCUT2D eigenvalue weighted by atomic mass is 35.5. The van der Waals surface area contributed by atoms with Crippen molar-refractivity contribution in [2.24, 2.45) is 0 Å². The van der Waals surface area contributed by atoms with E-state index in [2.05, 4.69) is 46.2 Å². The number of benzene rings is 2. The van der Waals surface area contributed by atoms with Crippen molar-refractivity contribution in [3.05, 3.63) is 47.5 Å². The summed E-state index contributed by atoms with van der Waals surface area (Å²) in [6.07, 6.45) is 1.03. The van der Waals surface area contributed by atoms with Crippen LogP contribution in [0.15, 0.2) is 52.3 Å². The van der Waals surface area contributed by atoms with E-state index in [1.165, 1.54) is 21.2 Å². The molecule has 2 aliphatic rings. The van der Waals surface area contributed by atoms with Crippen LogP contribution in [0.5, 0.6) is 0 Å². The molecule has 1 saturated heterocycles. The molecule has 0 radical (unpaired) electrons. The van der Waals surface area contributed by atoms with Crippen molar-refractivity contribution in [1.29, 1.82) is 0 Å². The number of amides is 1.